The van der Waals surface area contributed by atoms with Crippen molar-refractivity contribution < 1.29 is 30.9 Å². The van der Waals surface area contributed by atoms with Gasteiger partial charge < -0.3 is 30.9 Å². The molecule has 0 aliphatic rings. The molecule has 24 rings (SSSR count). The van der Waals surface area contributed by atoms with E-state index in [2.05, 4.69) is 251 Å². The fourth-order valence-electron chi connectivity index (χ4n) is 14.7. The number of hydrogen-bond acceptors (Lipinski definition) is 7. The smallest absolute Gasteiger partial charge is 0.138 e. The van der Waals surface area contributed by atoms with Gasteiger partial charge in [0.1, 0.15) is 78.2 Å². The van der Waals surface area contributed by atoms with Gasteiger partial charge in [0, 0.05) is 75.4 Å². The molecule has 0 amide bonds. The lowest BCUT2D eigenvalue weighted by molar-refractivity contribution is 0.665. The predicted molar refractivity (Wildman–Crippen MR) is 503 cm³/mol. The lowest BCUT2D eigenvalue weighted by Crippen LogP contribution is -1.72. The Morgan fingerprint density at radius 2 is 0.353 bits per heavy atom. The fourth-order valence-corrected chi connectivity index (χ4v) is 14.7. The zero-order chi connectivity index (χ0) is 82.1. The molecule has 0 aliphatic heterocycles. The Kier molecular flexibility index (Phi) is 24.9. The first-order chi connectivity index (χ1) is 58.1. The highest BCUT2D eigenvalue weighted by Crippen LogP contribution is 2.36. The summed E-state index contributed by atoms with van der Waals surface area (Å²) in [5, 5.41) is 16.9. The Labute approximate surface area is 693 Å². The van der Waals surface area contributed by atoms with E-state index in [0.717, 1.165) is 78.2 Å². The van der Waals surface area contributed by atoms with E-state index in [1.54, 1.807) is 0 Å². The second-order valence-corrected chi connectivity index (χ2v) is 30.0. The van der Waals surface area contributed by atoms with Gasteiger partial charge in [-0.2, -0.15) is 0 Å². The third kappa shape index (κ3) is 19.0. The Balaban J connectivity index is 0.000000104. The van der Waals surface area contributed by atoms with Crippen LogP contribution in [-0.4, -0.2) is 0 Å². The zero-order valence-corrected chi connectivity index (χ0v) is 68.8. The van der Waals surface area contributed by atoms with E-state index in [0.29, 0.717) is 0 Å². The zero-order valence-electron chi connectivity index (χ0n) is 68.8. The summed E-state index contributed by atoms with van der Waals surface area (Å²) in [6.07, 6.45) is 0. The monoisotopic (exact) mass is 1550 g/mol. The van der Waals surface area contributed by atoms with Gasteiger partial charge in [0.15, 0.2) is 0 Å². The van der Waals surface area contributed by atoms with Crippen LogP contribution in [0.5, 0.6) is 0 Å². The molecular formula is C112H94O7. The largest absolute Gasteiger partial charge is 0.456 e. The molecule has 0 spiro atoms. The average molecular weight is 1550 g/mol. The minimum Gasteiger partial charge on any atom is -0.456 e. The van der Waals surface area contributed by atoms with E-state index in [1.165, 1.54) is 131 Å². The van der Waals surface area contributed by atoms with Gasteiger partial charge in [-0.05, 0) is 182 Å². The van der Waals surface area contributed by atoms with Crippen molar-refractivity contribution in [1.82, 2.24) is 0 Å². The lowest BCUT2D eigenvalue weighted by Gasteiger charge is -1.93. The second-order valence-electron chi connectivity index (χ2n) is 30.0. The summed E-state index contributed by atoms with van der Waals surface area (Å²) in [5.41, 5.74) is 26.3. The number of fused-ring (bicyclic) bond motifs is 21. The van der Waals surface area contributed by atoms with Crippen molar-refractivity contribution in [3.63, 3.8) is 0 Å². The molecular weight excluding hydrogens is 1460 g/mol. The topological polar surface area (TPSA) is 92.0 Å². The molecule has 0 N–H and O–H groups in total. The molecule has 0 saturated heterocycles. The van der Waals surface area contributed by atoms with Crippen molar-refractivity contribution in [2.45, 2.75) is 69.2 Å². The first-order valence-corrected chi connectivity index (χ1v) is 40.3. The van der Waals surface area contributed by atoms with Gasteiger partial charge >= 0.3 is 0 Å². The normalized spacial score (nSPS) is 10.8. The molecule has 17 aromatic carbocycles. The summed E-state index contributed by atoms with van der Waals surface area (Å²) >= 11 is 0. The van der Waals surface area contributed by atoms with Crippen LogP contribution in [0.2, 0.25) is 0 Å². The minimum atomic E-state index is 0.966. The maximum absolute atomic E-state index is 5.78. The number of aryl methyl sites for hydroxylation is 10. The molecule has 0 atom stereocenters. The van der Waals surface area contributed by atoms with Gasteiger partial charge in [0.05, 0.1) is 0 Å². The van der Waals surface area contributed by atoms with Crippen LogP contribution in [-0.2, 0) is 0 Å². The quantitative estimate of drug-likeness (QED) is 0.149. The summed E-state index contributed by atoms with van der Waals surface area (Å²) in [7, 11) is 0. The SMILES string of the molecule is Cc1ccc2c(c1)oc1ccccc12.Cc1ccc2c(c1)oc1ccccc12.Cc1ccc2oc3ccccc3c2c1.Cc1ccc2oc3ccccc3c2c1.Cc1cccc2c1oc1ccccc12.Cc1cccc2c1oc1ccccc12.Cc1cccc2oc3ccccc3c12.Cc1ccccc1.Cc1ccccc1.Cc1ccccc1. The first-order valence-electron chi connectivity index (χ1n) is 40.3. The Morgan fingerprint density at radius 1 is 0.126 bits per heavy atom. The second kappa shape index (κ2) is 37.3. The summed E-state index contributed by atoms with van der Waals surface area (Å²) in [6, 6.07) is 132. The molecule has 0 radical (unpaired) electrons. The number of furan rings is 7. The number of rotatable bonds is 0. The van der Waals surface area contributed by atoms with Gasteiger partial charge in [0.2, 0.25) is 0 Å². The van der Waals surface area contributed by atoms with E-state index in [9.17, 15) is 0 Å². The maximum atomic E-state index is 5.78. The van der Waals surface area contributed by atoms with Crippen LogP contribution in [0.3, 0.4) is 0 Å². The van der Waals surface area contributed by atoms with Gasteiger partial charge in [0.25, 0.3) is 0 Å². The van der Waals surface area contributed by atoms with Crippen molar-refractivity contribution in [2.24, 2.45) is 0 Å². The highest BCUT2D eigenvalue weighted by Gasteiger charge is 2.13. The predicted octanol–water partition coefficient (Wildman–Crippen LogP) is 33.2. The van der Waals surface area contributed by atoms with Crippen LogP contribution < -0.4 is 0 Å². The third-order valence-corrected chi connectivity index (χ3v) is 20.8. The molecule has 7 heterocycles. The Morgan fingerprint density at radius 3 is 0.706 bits per heavy atom. The van der Waals surface area contributed by atoms with Gasteiger partial charge in [-0.1, -0.05) is 331 Å². The minimum absolute atomic E-state index is 0.966. The van der Waals surface area contributed by atoms with Crippen molar-refractivity contribution in [2.75, 3.05) is 0 Å². The summed E-state index contributed by atoms with van der Waals surface area (Å²) in [5.74, 6) is 0. The van der Waals surface area contributed by atoms with Crippen LogP contribution in [0.15, 0.2) is 419 Å². The molecule has 0 aliphatic carbocycles. The number of hydrogen-bond donors (Lipinski definition) is 0. The Bertz CT molecular complexity index is 7020. The van der Waals surface area contributed by atoms with Gasteiger partial charge in [-0.25, -0.2) is 0 Å². The molecule has 7 nitrogen and oxygen atoms in total. The maximum Gasteiger partial charge on any atom is 0.138 e. The van der Waals surface area contributed by atoms with Crippen molar-refractivity contribution in [3.8, 4) is 0 Å². The van der Waals surface area contributed by atoms with E-state index in [1.807, 2.05) is 206 Å². The average Bonchev–Trinajstić information content (AvgIpc) is 1.66. The van der Waals surface area contributed by atoms with Crippen LogP contribution in [0.4, 0.5) is 0 Å². The molecule has 0 unspecified atom stereocenters. The van der Waals surface area contributed by atoms with E-state index < -0.39 is 0 Å². The molecule has 24 aromatic rings. The highest BCUT2D eigenvalue weighted by atomic mass is 16.4. The van der Waals surface area contributed by atoms with Crippen molar-refractivity contribution >= 4 is 154 Å². The molecule has 584 valence electrons. The highest BCUT2D eigenvalue weighted by molar-refractivity contribution is 6.10. The van der Waals surface area contributed by atoms with Crippen LogP contribution in [0, 0.1) is 69.2 Å². The molecule has 0 fully saturated rings. The first kappa shape index (κ1) is 79.6. The molecule has 0 bridgehead atoms. The summed E-state index contributed by atoms with van der Waals surface area (Å²) < 4.78 is 40.2. The van der Waals surface area contributed by atoms with E-state index >= 15 is 0 Å². The van der Waals surface area contributed by atoms with Crippen molar-refractivity contribution in [1.29, 1.82) is 0 Å². The third-order valence-electron chi connectivity index (χ3n) is 20.8. The van der Waals surface area contributed by atoms with Crippen LogP contribution >= 0.6 is 0 Å². The van der Waals surface area contributed by atoms with Crippen LogP contribution in [0.1, 0.15) is 55.6 Å². The summed E-state index contributed by atoms with van der Waals surface area (Å²) in [6.45, 7) is 20.9. The van der Waals surface area contributed by atoms with E-state index in [4.69, 9.17) is 30.9 Å². The fraction of sp³-hybridized carbons (Fsp3) is 0.0893. The molecule has 119 heavy (non-hydrogen) atoms. The molecule has 7 heteroatoms. The number of benzene rings is 17. The lowest BCUT2D eigenvalue weighted by atomic mass is 10.1. The summed E-state index contributed by atoms with van der Waals surface area (Å²) in [4.78, 5) is 0. The van der Waals surface area contributed by atoms with Gasteiger partial charge in [-0.15, -0.1) is 0 Å². The molecule has 7 aromatic heterocycles. The Hall–Kier alpha value is -14.7. The van der Waals surface area contributed by atoms with Crippen molar-refractivity contribution in [3.05, 3.63) is 444 Å². The van der Waals surface area contributed by atoms with Crippen LogP contribution in [0.25, 0.3) is 154 Å². The molecule has 0 saturated carbocycles. The van der Waals surface area contributed by atoms with E-state index in [-0.39, 0.29) is 0 Å². The number of para-hydroxylation sites is 9. The standard InChI is InChI=1S/7C13H10O.3C7H8/c2*1-9-5-4-7-11-10-6-2-3-8-12(10)14-13(9)11;1-9-5-4-8-12-13(9)10-6-2-3-7-11(10)14-12;2*1-9-6-7-13-11(8-9)10-4-2-3-5-12(10)14-13;2*1-9-6-7-11-10-4-2-3-5-12(10)14-13(11)8-9;3*1-7-5-3-2-4-6-7/h7*2-8H,1H3;3*2-6H,1H3. The van der Waals surface area contributed by atoms with Gasteiger partial charge in [-0.3, -0.25) is 0 Å².